The summed E-state index contributed by atoms with van der Waals surface area (Å²) in [5, 5.41) is 4.66. The summed E-state index contributed by atoms with van der Waals surface area (Å²) in [6, 6.07) is 16.6. The molecule has 21 heavy (non-hydrogen) atoms. The summed E-state index contributed by atoms with van der Waals surface area (Å²) in [7, 11) is 0. The van der Waals surface area contributed by atoms with Crippen molar-refractivity contribution in [2.24, 2.45) is 0 Å². The Morgan fingerprint density at radius 1 is 1.05 bits per heavy atom. The Balaban J connectivity index is 1.94. The fourth-order valence-corrected chi connectivity index (χ4v) is 2.58. The van der Waals surface area contributed by atoms with Gasteiger partial charge in [0, 0.05) is 11.8 Å². The number of rotatable bonds is 3. The van der Waals surface area contributed by atoms with Crippen LogP contribution in [0.25, 0.3) is 11.3 Å². The number of hydrogen-bond donors (Lipinski definition) is 1. The van der Waals surface area contributed by atoms with Crippen LogP contribution < -0.4 is 5.73 Å². The Kier molecular flexibility index (Phi) is 3.48. The first-order chi connectivity index (χ1) is 10.1. The molecule has 0 saturated heterocycles. The zero-order valence-corrected chi connectivity index (χ0v) is 12.4. The highest BCUT2D eigenvalue weighted by molar-refractivity contribution is 5.74. The zero-order valence-electron chi connectivity index (χ0n) is 12.4. The van der Waals surface area contributed by atoms with E-state index in [1.54, 1.807) is 0 Å². The van der Waals surface area contributed by atoms with E-state index in [9.17, 15) is 0 Å². The molecule has 0 bridgehead atoms. The highest BCUT2D eigenvalue weighted by Gasteiger charge is 2.11. The van der Waals surface area contributed by atoms with Gasteiger partial charge in [0.05, 0.1) is 12.2 Å². The first-order valence-corrected chi connectivity index (χ1v) is 7.08. The Morgan fingerprint density at radius 3 is 2.52 bits per heavy atom. The molecule has 106 valence electrons. The van der Waals surface area contributed by atoms with Crippen molar-refractivity contribution in [1.82, 2.24) is 9.78 Å². The van der Waals surface area contributed by atoms with E-state index in [2.05, 4.69) is 49.3 Å². The number of aromatic nitrogens is 2. The first kappa shape index (κ1) is 13.4. The number of anilines is 1. The number of aryl methyl sites for hydroxylation is 2. The van der Waals surface area contributed by atoms with Crippen LogP contribution >= 0.6 is 0 Å². The molecule has 3 rings (SSSR count). The number of nitrogen functional groups attached to an aromatic ring is 1. The van der Waals surface area contributed by atoms with E-state index in [-0.39, 0.29) is 0 Å². The van der Waals surface area contributed by atoms with Gasteiger partial charge in [0.1, 0.15) is 5.69 Å². The molecule has 0 aliphatic heterocycles. The number of benzene rings is 2. The van der Waals surface area contributed by atoms with Crippen molar-refractivity contribution in [2.45, 2.75) is 20.4 Å². The van der Waals surface area contributed by atoms with Crippen LogP contribution in [0.2, 0.25) is 0 Å². The third-order valence-corrected chi connectivity index (χ3v) is 3.61. The molecule has 0 aliphatic carbocycles. The van der Waals surface area contributed by atoms with E-state index >= 15 is 0 Å². The molecule has 0 spiro atoms. The summed E-state index contributed by atoms with van der Waals surface area (Å²) in [6.07, 6.45) is 1.90. The van der Waals surface area contributed by atoms with Gasteiger partial charge in [0.25, 0.3) is 0 Å². The van der Waals surface area contributed by atoms with Gasteiger partial charge < -0.3 is 5.73 Å². The maximum atomic E-state index is 6.15. The predicted molar refractivity (Wildman–Crippen MR) is 87.1 cm³/mol. The predicted octanol–water partition coefficient (Wildman–Crippen LogP) is 3.80. The lowest BCUT2D eigenvalue weighted by atomic mass is 10.0. The molecular formula is C18H19N3. The number of hydrogen-bond acceptors (Lipinski definition) is 2. The fraction of sp³-hybridized carbons (Fsp3) is 0.167. The minimum absolute atomic E-state index is 0.720. The molecule has 0 aliphatic rings. The van der Waals surface area contributed by atoms with Gasteiger partial charge in [-0.25, -0.2) is 0 Å². The second kappa shape index (κ2) is 5.44. The van der Waals surface area contributed by atoms with Crippen molar-refractivity contribution in [2.75, 3.05) is 5.73 Å². The van der Waals surface area contributed by atoms with E-state index in [1.807, 2.05) is 29.1 Å². The van der Waals surface area contributed by atoms with Gasteiger partial charge in [0.2, 0.25) is 0 Å². The SMILES string of the molecule is Cc1ccc(-c2nn(Cc3ccccc3)cc2N)c(C)c1. The van der Waals surface area contributed by atoms with Crippen LogP contribution in [0, 0.1) is 13.8 Å². The molecule has 2 aromatic carbocycles. The summed E-state index contributed by atoms with van der Waals surface area (Å²) < 4.78 is 1.90. The van der Waals surface area contributed by atoms with E-state index in [4.69, 9.17) is 5.73 Å². The topological polar surface area (TPSA) is 43.8 Å². The lowest BCUT2D eigenvalue weighted by Gasteiger charge is -2.05. The van der Waals surface area contributed by atoms with Crippen molar-refractivity contribution >= 4 is 5.69 Å². The van der Waals surface area contributed by atoms with Crippen LogP contribution in [0.5, 0.6) is 0 Å². The van der Waals surface area contributed by atoms with Crippen LogP contribution in [-0.2, 0) is 6.54 Å². The van der Waals surface area contributed by atoms with Crippen LogP contribution in [0.1, 0.15) is 16.7 Å². The van der Waals surface area contributed by atoms with Gasteiger partial charge in [-0.3, -0.25) is 4.68 Å². The third-order valence-electron chi connectivity index (χ3n) is 3.61. The molecule has 0 unspecified atom stereocenters. The van der Waals surface area contributed by atoms with Gasteiger partial charge in [-0.05, 0) is 25.0 Å². The van der Waals surface area contributed by atoms with Crippen LogP contribution in [0.15, 0.2) is 54.7 Å². The average molecular weight is 277 g/mol. The summed E-state index contributed by atoms with van der Waals surface area (Å²) in [6.45, 7) is 4.92. The second-order valence-corrected chi connectivity index (χ2v) is 5.43. The molecule has 3 heteroatoms. The van der Waals surface area contributed by atoms with Gasteiger partial charge in [0.15, 0.2) is 0 Å². The third kappa shape index (κ3) is 2.82. The molecule has 0 radical (unpaired) electrons. The summed E-state index contributed by atoms with van der Waals surface area (Å²) in [4.78, 5) is 0. The molecule has 2 N–H and O–H groups in total. The molecule has 0 saturated carbocycles. The van der Waals surface area contributed by atoms with Crippen molar-refractivity contribution in [3.8, 4) is 11.3 Å². The lowest BCUT2D eigenvalue weighted by molar-refractivity contribution is 0.689. The average Bonchev–Trinajstić information content (AvgIpc) is 2.80. The molecule has 1 heterocycles. The molecular weight excluding hydrogens is 258 g/mol. The molecule has 1 aromatic heterocycles. The van der Waals surface area contributed by atoms with Gasteiger partial charge in [-0.15, -0.1) is 0 Å². The van der Waals surface area contributed by atoms with Crippen LogP contribution in [0.4, 0.5) is 5.69 Å². The highest BCUT2D eigenvalue weighted by atomic mass is 15.3. The normalized spacial score (nSPS) is 10.8. The van der Waals surface area contributed by atoms with Crippen LogP contribution in [0.3, 0.4) is 0 Å². The highest BCUT2D eigenvalue weighted by Crippen LogP contribution is 2.27. The van der Waals surface area contributed by atoms with E-state index in [0.29, 0.717) is 0 Å². The Hall–Kier alpha value is -2.55. The van der Waals surface area contributed by atoms with Gasteiger partial charge >= 0.3 is 0 Å². The maximum Gasteiger partial charge on any atom is 0.115 e. The number of nitrogens with two attached hydrogens (primary N) is 1. The lowest BCUT2D eigenvalue weighted by Crippen LogP contribution is -2.00. The van der Waals surface area contributed by atoms with Crippen molar-refractivity contribution in [3.63, 3.8) is 0 Å². The first-order valence-electron chi connectivity index (χ1n) is 7.08. The summed E-state index contributed by atoms with van der Waals surface area (Å²) in [5.74, 6) is 0. The Bertz CT molecular complexity index is 757. The molecule has 3 aromatic rings. The molecule has 0 amide bonds. The quantitative estimate of drug-likeness (QED) is 0.791. The smallest absolute Gasteiger partial charge is 0.115 e. The maximum absolute atomic E-state index is 6.15. The Morgan fingerprint density at radius 2 is 1.81 bits per heavy atom. The molecule has 3 nitrogen and oxygen atoms in total. The van der Waals surface area contributed by atoms with E-state index < -0.39 is 0 Å². The molecule has 0 fully saturated rings. The number of nitrogens with zero attached hydrogens (tertiary/aromatic N) is 2. The summed E-state index contributed by atoms with van der Waals surface area (Å²) in [5.41, 5.74) is 12.5. The Labute approximate surface area is 125 Å². The van der Waals surface area contributed by atoms with Crippen molar-refractivity contribution in [3.05, 3.63) is 71.4 Å². The fourth-order valence-electron chi connectivity index (χ4n) is 2.58. The van der Waals surface area contributed by atoms with E-state index in [0.717, 1.165) is 23.5 Å². The summed E-state index contributed by atoms with van der Waals surface area (Å²) >= 11 is 0. The van der Waals surface area contributed by atoms with Crippen molar-refractivity contribution in [1.29, 1.82) is 0 Å². The minimum atomic E-state index is 0.720. The standard InChI is InChI=1S/C18H19N3/c1-13-8-9-16(14(2)10-13)18-17(19)12-21(20-18)11-15-6-4-3-5-7-15/h3-10,12H,11,19H2,1-2H3. The van der Waals surface area contributed by atoms with Crippen LogP contribution in [-0.4, -0.2) is 9.78 Å². The zero-order chi connectivity index (χ0) is 14.8. The van der Waals surface area contributed by atoms with Crippen molar-refractivity contribution < 1.29 is 0 Å². The van der Waals surface area contributed by atoms with E-state index in [1.165, 1.54) is 16.7 Å². The minimum Gasteiger partial charge on any atom is -0.396 e. The monoisotopic (exact) mass is 277 g/mol. The van der Waals surface area contributed by atoms with Gasteiger partial charge in [-0.2, -0.15) is 5.10 Å². The molecule has 0 atom stereocenters. The largest absolute Gasteiger partial charge is 0.396 e. The van der Waals surface area contributed by atoms with Gasteiger partial charge in [-0.1, -0.05) is 54.1 Å². The second-order valence-electron chi connectivity index (χ2n) is 5.43.